The fraction of sp³-hybridized carbons (Fsp3) is 0.786. The normalized spacial score (nSPS) is 19.6. The fourth-order valence-corrected chi connectivity index (χ4v) is 2.89. The van der Waals surface area contributed by atoms with Crippen LogP contribution in [0.4, 0.5) is 0 Å². The van der Waals surface area contributed by atoms with Crippen LogP contribution in [0.2, 0.25) is 0 Å². The molecule has 0 amide bonds. The second kappa shape index (κ2) is 4.66. The summed E-state index contributed by atoms with van der Waals surface area (Å²) in [5.74, 6) is 2.92. The first-order valence-corrected chi connectivity index (χ1v) is 6.53. The molecule has 0 spiro atoms. The Morgan fingerprint density at radius 1 is 1.29 bits per heavy atom. The molecule has 0 heterocycles. The molecule has 0 aromatic heterocycles. The van der Waals surface area contributed by atoms with Gasteiger partial charge in [-0.05, 0) is 44.4 Å². The van der Waals surface area contributed by atoms with Crippen molar-refractivity contribution in [3.8, 4) is 0 Å². The van der Waals surface area contributed by atoms with Crippen LogP contribution < -0.4 is 0 Å². The van der Waals surface area contributed by atoms with Crippen molar-refractivity contribution in [2.75, 3.05) is 6.61 Å². The van der Waals surface area contributed by atoms with Gasteiger partial charge in [-0.25, -0.2) is 4.79 Å². The van der Waals surface area contributed by atoms with E-state index in [0.29, 0.717) is 24.0 Å². The van der Waals surface area contributed by atoms with Gasteiger partial charge >= 0.3 is 5.97 Å². The van der Waals surface area contributed by atoms with E-state index in [0.717, 1.165) is 0 Å². The summed E-state index contributed by atoms with van der Waals surface area (Å²) in [6, 6.07) is 0. The number of carbonyl (C=O) groups is 1. The number of hydrogen-bond donors (Lipinski definition) is 0. The molecule has 0 aromatic rings. The van der Waals surface area contributed by atoms with Crippen molar-refractivity contribution in [3.05, 3.63) is 5.57 Å². The van der Waals surface area contributed by atoms with Gasteiger partial charge in [0.05, 0.1) is 13.0 Å². The molecule has 0 aromatic carbocycles. The van der Waals surface area contributed by atoms with E-state index in [9.17, 15) is 9.59 Å². The van der Waals surface area contributed by atoms with E-state index in [1.54, 1.807) is 6.92 Å². The molecule has 0 aliphatic heterocycles. The van der Waals surface area contributed by atoms with Crippen molar-refractivity contribution < 1.29 is 14.3 Å². The molecular formula is C14H20O3. The molecular weight excluding hydrogens is 216 g/mol. The fourth-order valence-electron chi connectivity index (χ4n) is 2.89. The molecule has 2 rings (SSSR count). The van der Waals surface area contributed by atoms with Gasteiger partial charge in [0.15, 0.2) is 0 Å². The van der Waals surface area contributed by atoms with Gasteiger partial charge in [0.1, 0.15) is 5.94 Å². The van der Waals surface area contributed by atoms with Gasteiger partial charge in [0.2, 0.25) is 0 Å². The van der Waals surface area contributed by atoms with Crippen molar-refractivity contribution in [1.29, 1.82) is 0 Å². The molecule has 3 heteroatoms. The summed E-state index contributed by atoms with van der Waals surface area (Å²) in [5, 5.41) is 0. The van der Waals surface area contributed by atoms with Crippen molar-refractivity contribution in [1.82, 2.24) is 0 Å². The average molecular weight is 236 g/mol. The summed E-state index contributed by atoms with van der Waals surface area (Å²) in [6.45, 7) is 4.29. The molecule has 2 aliphatic carbocycles. The first-order chi connectivity index (χ1) is 8.12. The second-order valence-corrected chi connectivity index (χ2v) is 5.39. The van der Waals surface area contributed by atoms with Crippen molar-refractivity contribution >= 4 is 11.9 Å². The molecule has 2 saturated carbocycles. The van der Waals surface area contributed by atoms with Gasteiger partial charge in [0.25, 0.3) is 0 Å². The topological polar surface area (TPSA) is 43.4 Å². The van der Waals surface area contributed by atoms with Crippen LogP contribution in [0.25, 0.3) is 0 Å². The van der Waals surface area contributed by atoms with E-state index in [1.165, 1.54) is 25.7 Å². The number of rotatable bonds is 6. The monoisotopic (exact) mass is 236 g/mol. The lowest BCUT2D eigenvalue weighted by Crippen LogP contribution is -2.27. The molecule has 3 nitrogen and oxygen atoms in total. The highest BCUT2D eigenvalue weighted by Crippen LogP contribution is 2.61. The highest BCUT2D eigenvalue weighted by Gasteiger charge is 2.53. The van der Waals surface area contributed by atoms with Crippen LogP contribution in [0, 0.1) is 17.3 Å². The van der Waals surface area contributed by atoms with E-state index in [4.69, 9.17) is 4.74 Å². The third kappa shape index (κ3) is 2.44. The minimum absolute atomic E-state index is 0.0888. The van der Waals surface area contributed by atoms with E-state index in [2.05, 4.69) is 6.92 Å². The van der Waals surface area contributed by atoms with Crippen molar-refractivity contribution in [2.24, 2.45) is 17.3 Å². The number of esters is 1. The lowest BCUT2D eigenvalue weighted by atomic mass is 9.72. The lowest BCUT2D eigenvalue weighted by Gasteiger charge is -2.30. The molecule has 0 N–H and O–H groups in total. The van der Waals surface area contributed by atoms with Crippen LogP contribution in [-0.4, -0.2) is 18.5 Å². The molecule has 94 valence electrons. The summed E-state index contributed by atoms with van der Waals surface area (Å²) in [4.78, 5) is 22.7. The Bertz CT molecular complexity index is 346. The third-order valence-corrected chi connectivity index (χ3v) is 4.25. The molecule has 2 aliphatic rings. The van der Waals surface area contributed by atoms with E-state index < -0.39 is 0 Å². The van der Waals surface area contributed by atoms with Crippen molar-refractivity contribution in [2.45, 2.75) is 46.0 Å². The first-order valence-electron chi connectivity index (χ1n) is 6.53. The van der Waals surface area contributed by atoms with Crippen molar-refractivity contribution in [3.63, 3.8) is 0 Å². The summed E-state index contributed by atoms with van der Waals surface area (Å²) in [7, 11) is 0. The summed E-state index contributed by atoms with van der Waals surface area (Å²) in [5.41, 5.74) is 0.551. The average Bonchev–Trinajstić information content (AvgIpc) is 3.18. The highest BCUT2D eigenvalue weighted by atomic mass is 16.5. The third-order valence-electron chi connectivity index (χ3n) is 4.25. The van der Waals surface area contributed by atoms with Gasteiger partial charge in [-0.2, -0.15) is 0 Å². The number of hydrogen-bond acceptors (Lipinski definition) is 3. The Hall–Kier alpha value is -1.08. The highest BCUT2D eigenvalue weighted by molar-refractivity contribution is 5.77. The Labute approximate surface area is 102 Å². The largest absolute Gasteiger partial charge is 0.466 e. The summed E-state index contributed by atoms with van der Waals surface area (Å²) >= 11 is 0. The Morgan fingerprint density at radius 3 is 2.18 bits per heavy atom. The van der Waals surface area contributed by atoms with Gasteiger partial charge < -0.3 is 4.74 Å². The lowest BCUT2D eigenvalue weighted by molar-refractivity contribution is -0.142. The SMILES string of the molecule is CCOC(=O)CC(=C=O)C(C)(C1CC1)C1CC1. The quantitative estimate of drug-likeness (QED) is 0.525. The first kappa shape index (κ1) is 12.4. The van der Waals surface area contributed by atoms with Gasteiger partial charge in [-0.15, -0.1) is 0 Å². The smallest absolute Gasteiger partial charge is 0.310 e. The molecule has 0 atom stereocenters. The Kier molecular flexibility index (Phi) is 3.39. The van der Waals surface area contributed by atoms with Gasteiger partial charge in [-0.3, -0.25) is 4.79 Å². The minimum Gasteiger partial charge on any atom is -0.466 e. The van der Waals surface area contributed by atoms with Crippen LogP contribution >= 0.6 is 0 Å². The van der Waals surface area contributed by atoms with E-state index in [-0.39, 0.29) is 17.8 Å². The predicted molar refractivity (Wildman–Crippen MR) is 64.0 cm³/mol. The van der Waals surface area contributed by atoms with Gasteiger partial charge in [-0.1, -0.05) is 6.92 Å². The van der Waals surface area contributed by atoms with Crippen LogP contribution in [0.5, 0.6) is 0 Å². The van der Waals surface area contributed by atoms with Gasteiger partial charge in [0, 0.05) is 11.0 Å². The van der Waals surface area contributed by atoms with E-state index >= 15 is 0 Å². The maximum atomic E-state index is 11.5. The zero-order valence-electron chi connectivity index (χ0n) is 10.6. The summed E-state index contributed by atoms with van der Waals surface area (Å²) in [6.07, 6.45) is 4.85. The number of ether oxygens (including phenoxy) is 1. The van der Waals surface area contributed by atoms with Crippen LogP contribution in [0.3, 0.4) is 0 Å². The standard InChI is InChI=1S/C14H20O3/c1-3-17-13(16)8-12(9-15)14(2,10-4-5-10)11-6-7-11/h10-11H,3-8H2,1-2H3. The minimum atomic E-state index is -0.293. The van der Waals surface area contributed by atoms with Crippen LogP contribution in [0.15, 0.2) is 5.57 Å². The Balaban J connectivity index is 2.10. The van der Waals surface area contributed by atoms with Crippen LogP contribution in [-0.2, 0) is 14.3 Å². The molecule has 17 heavy (non-hydrogen) atoms. The second-order valence-electron chi connectivity index (χ2n) is 5.39. The molecule has 0 saturated heterocycles. The molecule has 0 unspecified atom stereocenters. The number of carbonyl (C=O) groups excluding carboxylic acids is 2. The van der Waals surface area contributed by atoms with E-state index in [1.807, 2.05) is 5.94 Å². The molecule has 0 radical (unpaired) electrons. The maximum Gasteiger partial charge on any atom is 0.310 e. The van der Waals surface area contributed by atoms with Crippen LogP contribution in [0.1, 0.15) is 46.0 Å². The maximum absolute atomic E-state index is 11.5. The zero-order valence-corrected chi connectivity index (χ0v) is 10.6. The molecule has 2 fully saturated rings. The Morgan fingerprint density at radius 2 is 1.82 bits per heavy atom. The predicted octanol–water partition coefficient (Wildman–Crippen LogP) is 2.52. The summed E-state index contributed by atoms with van der Waals surface area (Å²) < 4.78 is 4.93. The molecule has 0 bridgehead atoms. The zero-order chi connectivity index (χ0) is 12.5.